The van der Waals surface area contributed by atoms with Gasteiger partial charge in [-0.1, -0.05) is 17.7 Å². The number of nitrogens with zero attached hydrogens (tertiary/aromatic N) is 2. The van der Waals surface area contributed by atoms with Crippen LogP contribution in [0.3, 0.4) is 0 Å². The van der Waals surface area contributed by atoms with Gasteiger partial charge in [-0.25, -0.2) is 4.39 Å². The van der Waals surface area contributed by atoms with E-state index in [1.807, 2.05) is 0 Å². The summed E-state index contributed by atoms with van der Waals surface area (Å²) < 4.78 is 13.6. The summed E-state index contributed by atoms with van der Waals surface area (Å²) in [5.74, 6) is -0.551. The number of β-amino-alcohol motifs (C(OH)–C–C–N with tert-alkyl or cyclic N) is 1. The average Bonchev–Trinajstić information content (AvgIpc) is 2.44. The summed E-state index contributed by atoms with van der Waals surface area (Å²) in [4.78, 5) is 16.0. The van der Waals surface area contributed by atoms with Crippen LogP contribution in [0.15, 0.2) is 18.2 Å². The van der Waals surface area contributed by atoms with E-state index in [0.29, 0.717) is 19.6 Å². The van der Waals surface area contributed by atoms with Crippen LogP contribution >= 0.6 is 11.6 Å². The average molecular weight is 301 g/mol. The fourth-order valence-corrected chi connectivity index (χ4v) is 2.56. The summed E-state index contributed by atoms with van der Waals surface area (Å²) >= 11 is 5.93. The van der Waals surface area contributed by atoms with Gasteiger partial charge in [0.15, 0.2) is 0 Å². The molecule has 0 radical (unpaired) electrons. The van der Waals surface area contributed by atoms with Crippen molar-refractivity contribution < 1.29 is 14.3 Å². The monoisotopic (exact) mass is 300 g/mol. The fraction of sp³-hybridized carbons (Fsp3) is 0.500. The van der Waals surface area contributed by atoms with E-state index in [9.17, 15) is 9.18 Å². The Balaban J connectivity index is 1.93. The topological polar surface area (TPSA) is 43.8 Å². The summed E-state index contributed by atoms with van der Waals surface area (Å²) in [6.07, 6.45) is -0.00843. The molecule has 1 aliphatic heterocycles. The molecule has 0 bridgehead atoms. The highest BCUT2D eigenvalue weighted by Crippen LogP contribution is 2.20. The van der Waals surface area contributed by atoms with Crippen LogP contribution in [0, 0.1) is 5.82 Å². The Labute approximate surface area is 122 Å². The Morgan fingerprint density at radius 1 is 1.30 bits per heavy atom. The van der Waals surface area contributed by atoms with E-state index in [0.717, 1.165) is 13.1 Å². The molecule has 110 valence electrons. The third-order valence-corrected chi connectivity index (χ3v) is 3.89. The molecule has 1 saturated heterocycles. The second kappa shape index (κ2) is 7.02. The van der Waals surface area contributed by atoms with Crippen LogP contribution in [0.5, 0.6) is 0 Å². The van der Waals surface area contributed by atoms with Gasteiger partial charge in [-0.05, 0) is 12.1 Å². The van der Waals surface area contributed by atoms with Crippen molar-refractivity contribution in [2.75, 3.05) is 39.3 Å². The highest BCUT2D eigenvalue weighted by molar-refractivity contribution is 6.31. The number of amides is 1. The number of rotatable bonds is 4. The Hall–Kier alpha value is -1.17. The fourth-order valence-electron chi connectivity index (χ4n) is 2.33. The van der Waals surface area contributed by atoms with Crippen LogP contribution in [-0.4, -0.2) is 60.1 Å². The van der Waals surface area contributed by atoms with Crippen molar-refractivity contribution in [2.45, 2.75) is 6.42 Å². The molecule has 1 fully saturated rings. The third kappa shape index (κ3) is 3.69. The second-order valence-electron chi connectivity index (χ2n) is 4.82. The van der Waals surface area contributed by atoms with E-state index in [-0.39, 0.29) is 29.5 Å². The van der Waals surface area contributed by atoms with Crippen molar-refractivity contribution in [3.8, 4) is 0 Å². The second-order valence-corrected chi connectivity index (χ2v) is 5.23. The van der Waals surface area contributed by atoms with Crippen molar-refractivity contribution in [1.82, 2.24) is 9.80 Å². The Bertz CT molecular complexity index is 456. The predicted molar refractivity (Wildman–Crippen MR) is 75.2 cm³/mol. The first kappa shape index (κ1) is 15.2. The molecule has 2 rings (SSSR count). The summed E-state index contributed by atoms with van der Waals surface area (Å²) in [5, 5.41) is 9.16. The Kier molecular flexibility index (Phi) is 5.34. The Morgan fingerprint density at radius 2 is 2.00 bits per heavy atom. The van der Waals surface area contributed by atoms with Crippen LogP contribution in [0.2, 0.25) is 5.02 Å². The zero-order valence-electron chi connectivity index (χ0n) is 11.2. The largest absolute Gasteiger partial charge is 0.395 e. The highest BCUT2D eigenvalue weighted by atomic mass is 35.5. The lowest BCUT2D eigenvalue weighted by molar-refractivity contribution is -0.132. The van der Waals surface area contributed by atoms with Crippen molar-refractivity contribution in [2.24, 2.45) is 0 Å². The normalized spacial score (nSPS) is 16.4. The van der Waals surface area contributed by atoms with Crippen LogP contribution in [0.25, 0.3) is 0 Å². The van der Waals surface area contributed by atoms with Crippen molar-refractivity contribution in [3.63, 3.8) is 0 Å². The highest BCUT2D eigenvalue weighted by Gasteiger charge is 2.22. The number of halogens is 2. The quantitative estimate of drug-likeness (QED) is 0.907. The standard InChI is InChI=1S/C14H18ClFN2O2/c15-12-2-1-3-13(16)11(12)10-14(20)18-6-4-17(5-7-18)8-9-19/h1-3,19H,4-10H2. The number of aliphatic hydroxyl groups is 1. The first-order valence-electron chi connectivity index (χ1n) is 6.65. The minimum atomic E-state index is -0.440. The van der Waals surface area contributed by atoms with Gasteiger partial charge in [-0.3, -0.25) is 9.69 Å². The van der Waals surface area contributed by atoms with Gasteiger partial charge in [0.25, 0.3) is 0 Å². The van der Waals surface area contributed by atoms with Gasteiger partial charge < -0.3 is 10.0 Å². The molecule has 4 nitrogen and oxygen atoms in total. The lowest BCUT2D eigenvalue weighted by atomic mass is 10.1. The zero-order chi connectivity index (χ0) is 14.5. The smallest absolute Gasteiger partial charge is 0.227 e. The molecule has 0 unspecified atom stereocenters. The predicted octanol–water partition coefficient (Wildman–Crippen LogP) is 1.16. The minimum absolute atomic E-state index is 0.00843. The molecular weight excluding hydrogens is 283 g/mol. The van der Waals surface area contributed by atoms with E-state index in [2.05, 4.69) is 4.90 Å². The molecule has 1 aromatic carbocycles. The maximum atomic E-state index is 13.6. The molecule has 1 N–H and O–H groups in total. The lowest BCUT2D eigenvalue weighted by Gasteiger charge is -2.34. The third-order valence-electron chi connectivity index (χ3n) is 3.53. The molecule has 20 heavy (non-hydrogen) atoms. The van der Waals surface area contributed by atoms with Gasteiger partial charge in [-0.15, -0.1) is 0 Å². The van der Waals surface area contributed by atoms with E-state index < -0.39 is 5.82 Å². The molecule has 1 heterocycles. The molecule has 1 aliphatic rings. The summed E-state index contributed by atoms with van der Waals surface area (Å²) in [7, 11) is 0. The van der Waals surface area contributed by atoms with Crippen molar-refractivity contribution in [1.29, 1.82) is 0 Å². The maximum absolute atomic E-state index is 13.6. The minimum Gasteiger partial charge on any atom is -0.395 e. The molecule has 0 spiro atoms. The Morgan fingerprint density at radius 3 is 2.60 bits per heavy atom. The number of piperazine rings is 1. The van der Waals surface area contributed by atoms with Crippen LogP contribution in [-0.2, 0) is 11.2 Å². The molecule has 0 atom stereocenters. The summed E-state index contributed by atoms with van der Waals surface area (Å²) in [6.45, 7) is 3.42. The van der Waals surface area contributed by atoms with E-state index in [4.69, 9.17) is 16.7 Å². The number of aliphatic hydroxyl groups excluding tert-OH is 1. The van der Waals surface area contributed by atoms with Crippen molar-refractivity contribution in [3.05, 3.63) is 34.6 Å². The number of benzene rings is 1. The lowest BCUT2D eigenvalue weighted by Crippen LogP contribution is -2.49. The van der Waals surface area contributed by atoms with E-state index >= 15 is 0 Å². The zero-order valence-corrected chi connectivity index (χ0v) is 11.9. The molecule has 6 heteroatoms. The van der Waals surface area contributed by atoms with Gasteiger partial charge in [0.05, 0.1) is 13.0 Å². The number of hydrogen-bond acceptors (Lipinski definition) is 3. The van der Waals surface area contributed by atoms with Crippen molar-refractivity contribution >= 4 is 17.5 Å². The molecule has 0 aliphatic carbocycles. The molecule has 1 aromatic rings. The van der Waals surface area contributed by atoms with Crippen LogP contribution in [0.4, 0.5) is 4.39 Å². The number of carbonyl (C=O) groups is 1. The van der Waals surface area contributed by atoms with Gasteiger partial charge in [-0.2, -0.15) is 0 Å². The SMILES string of the molecule is O=C(Cc1c(F)cccc1Cl)N1CCN(CCO)CC1. The first-order valence-corrected chi connectivity index (χ1v) is 7.03. The van der Waals surface area contributed by atoms with Gasteiger partial charge in [0.1, 0.15) is 5.82 Å². The van der Waals surface area contributed by atoms with E-state index in [1.54, 1.807) is 11.0 Å². The van der Waals surface area contributed by atoms with Gasteiger partial charge in [0.2, 0.25) is 5.91 Å². The number of carbonyl (C=O) groups excluding carboxylic acids is 1. The molecule has 0 aromatic heterocycles. The summed E-state index contributed by atoms with van der Waals surface area (Å²) in [6, 6.07) is 4.43. The molecular formula is C14H18ClFN2O2. The summed E-state index contributed by atoms with van der Waals surface area (Å²) in [5.41, 5.74) is 0.261. The van der Waals surface area contributed by atoms with E-state index in [1.165, 1.54) is 12.1 Å². The molecule has 1 amide bonds. The maximum Gasteiger partial charge on any atom is 0.227 e. The van der Waals surface area contributed by atoms with Crippen LogP contribution < -0.4 is 0 Å². The molecule has 0 saturated carbocycles. The van der Waals surface area contributed by atoms with Gasteiger partial charge >= 0.3 is 0 Å². The van der Waals surface area contributed by atoms with Crippen LogP contribution in [0.1, 0.15) is 5.56 Å². The number of hydrogen-bond donors (Lipinski definition) is 1. The first-order chi connectivity index (χ1) is 9.61. The van der Waals surface area contributed by atoms with Gasteiger partial charge in [0, 0.05) is 43.3 Å².